The Bertz CT molecular complexity index is 525. The van der Waals surface area contributed by atoms with Crippen LogP contribution in [0.3, 0.4) is 0 Å². The Morgan fingerprint density at radius 2 is 2.11 bits per heavy atom. The zero-order chi connectivity index (χ0) is 13.7. The normalized spacial score (nSPS) is 10.5. The maximum Gasteiger partial charge on any atom is 0.257 e. The van der Waals surface area contributed by atoms with E-state index >= 15 is 0 Å². The molecule has 1 aromatic heterocycles. The van der Waals surface area contributed by atoms with Crippen molar-refractivity contribution in [1.82, 2.24) is 14.8 Å². The number of carbonyl (C=O) groups is 1. The third-order valence-corrected chi connectivity index (χ3v) is 2.73. The zero-order valence-corrected chi connectivity index (χ0v) is 11.5. The number of hydrogen-bond donors (Lipinski definition) is 1. The van der Waals surface area contributed by atoms with Crippen molar-refractivity contribution < 1.29 is 9.53 Å². The molecule has 0 spiro atoms. The summed E-state index contributed by atoms with van der Waals surface area (Å²) in [6, 6.07) is 6.96. The summed E-state index contributed by atoms with van der Waals surface area (Å²) in [4.78, 5) is 11.8. The number of ether oxygens (including phenoxy) is 1. The van der Waals surface area contributed by atoms with Crippen molar-refractivity contribution in [3.05, 3.63) is 29.8 Å². The molecule has 0 atom stereocenters. The van der Waals surface area contributed by atoms with Gasteiger partial charge in [0.1, 0.15) is 5.75 Å². The Hall–Kier alpha value is -2.02. The molecule has 6 nitrogen and oxygen atoms in total. The highest BCUT2D eigenvalue weighted by atomic mass is 32.1. The van der Waals surface area contributed by atoms with Crippen LogP contribution in [0.15, 0.2) is 24.3 Å². The Morgan fingerprint density at radius 1 is 1.37 bits per heavy atom. The predicted octanol–water partition coefficient (Wildman–Crippen LogP) is 2.22. The molecule has 0 saturated carbocycles. The van der Waals surface area contributed by atoms with Gasteiger partial charge in [0.15, 0.2) is 0 Å². The Balaban J connectivity index is 1.96. The summed E-state index contributed by atoms with van der Waals surface area (Å²) in [5.41, 5.74) is 0.534. The second-order valence-corrected chi connectivity index (χ2v) is 5.08. The molecule has 0 saturated heterocycles. The standard InChI is InChI=1S/C12H14N4O2S/c1-8(2)7-18-10-5-3-9(4-6-10)11(17)13-12-14-15-16-19-12/h3-6,8H,7H2,1-2H3,(H,13,14,16,17). The van der Waals surface area contributed by atoms with E-state index in [1.54, 1.807) is 24.3 Å². The van der Waals surface area contributed by atoms with Crippen molar-refractivity contribution >= 4 is 22.6 Å². The van der Waals surface area contributed by atoms with E-state index in [0.717, 1.165) is 17.3 Å². The van der Waals surface area contributed by atoms with Gasteiger partial charge in [-0.2, -0.15) is 0 Å². The topological polar surface area (TPSA) is 77.0 Å². The van der Waals surface area contributed by atoms with E-state index in [-0.39, 0.29) is 5.91 Å². The van der Waals surface area contributed by atoms with Crippen LogP contribution in [0.4, 0.5) is 5.13 Å². The number of nitrogens with one attached hydrogen (secondary N) is 1. The number of anilines is 1. The predicted molar refractivity (Wildman–Crippen MR) is 72.4 cm³/mol. The Kier molecular flexibility index (Phi) is 4.40. The minimum atomic E-state index is -0.242. The third-order valence-electron chi connectivity index (χ3n) is 2.22. The van der Waals surface area contributed by atoms with Crippen LogP contribution < -0.4 is 10.1 Å². The van der Waals surface area contributed by atoms with E-state index in [4.69, 9.17) is 4.74 Å². The lowest BCUT2D eigenvalue weighted by Gasteiger charge is -2.08. The summed E-state index contributed by atoms with van der Waals surface area (Å²) in [7, 11) is 0. The van der Waals surface area contributed by atoms with Crippen LogP contribution >= 0.6 is 11.5 Å². The van der Waals surface area contributed by atoms with Crippen LogP contribution in [0.1, 0.15) is 24.2 Å². The van der Waals surface area contributed by atoms with E-state index in [1.807, 2.05) is 0 Å². The van der Waals surface area contributed by atoms with Gasteiger partial charge in [0.2, 0.25) is 5.13 Å². The first-order valence-corrected chi connectivity index (χ1v) is 6.61. The molecule has 0 aliphatic heterocycles. The highest BCUT2D eigenvalue weighted by molar-refractivity contribution is 7.09. The van der Waals surface area contributed by atoms with E-state index in [0.29, 0.717) is 23.2 Å². The molecule has 1 N–H and O–H groups in total. The van der Waals surface area contributed by atoms with Gasteiger partial charge in [-0.3, -0.25) is 10.1 Å². The molecule has 19 heavy (non-hydrogen) atoms. The van der Waals surface area contributed by atoms with Crippen molar-refractivity contribution in [1.29, 1.82) is 0 Å². The lowest BCUT2D eigenvalue weighted by atomic mass is 10.2. The van der Waals surface area contributed by atoms with Gasteiger partial charge in [0.05, 0.1) is 6.61 Å². The summed E-state index contributed by atoms with van der Waals surface area (Å²) in [5, 5.41) is 10.0. The number of aromatic nitrogens is 3. The summed E-state index contributed by atoms with van der Waals surface area (Å²) in [6.07, 6.45) is 0. The van der Waals surface area contributed by atoms with Gasteiger partial charge >= 0.3 is 0 Å². The summed E-state index contributed by atoms with van der Waals surface area (Å²) < 4.78 is 9.12. The van der Waals surface area contributed by atoms with Gasteiger partial charge in [0, 0.05) is 17.1 Å². The molecular formula is C12H14N4O2S. The third kappa shape index (κ3) is 3.99. The molecule has 1 aromatic carbocycles. The number of hydrogen-bond acceptors (Lipinski definition) is 6. The van der Waals surface area contributed by atoms with Crippen molar-refractivity contribution in [3.63, 3.8) is 0 Å². The van der Waals surface area contributed by atoms with Crippen LogP contribution in [0, 0.1) is 5.92 Å². The largest absolute Gasteiger partial charge is 0.493 e. The van der Waals surface area contributed by atoms with Crippen LogP contribution in [-0.4, -0.2) is 27.3 Å². The fourth-order valence-electron chi connectivity index (χ4n) is 1.32. The van der Waals surface area contributed by atoms with Crippen molar-refractivity contribution in [2.45, 2.75) is 13.8 Å². The highest BCUT2D eigenvalue weighted by Crippen LogP contribution is 2.15. The second kappa shape index (κ2) is 6.24. The lowest BCUT2D eigenvalue weighted by molar-refractivity contribution is 0.102. The fourth-order valence-corrected chi connectivity index (χ4v) is 1.68. The minimum absolute atomic E-state index is 0.242. The first kappa shape index (κ1) is 13.4. The Morgan fingerprint density at radius 3 is 2.68 bits per heavy atom. The number of nitrogens with zero attached hydrogens (tertiary/aromatic N) is 3. The van der Waals surface area contributed by atoms with Gasteiger partial charge in [-0.1, -0.05) is 23.4 Å². The zero-order valence-electron chi connectivity index (χ0n) is 10.7. The molecule has 0 radical (unpaired) electrons. The van der Waals surface area contributed by atoms with Crippen molar-refractivity contribution in [3.8, 4) is 5.75 Å². The Labute approximate surface area is 115 Å². The lowest BCUT2D eigenvalue weighted by Crippen LogP contribution is -2.11. The molecule has 2 rings (SSSR count). The van der Waals surface area contributed by atoms with Crippen LogP contribution in [0.25, 0.3) is 0 Å². The quantitative estimate of drug-likeness (QED) is 0.907. The number of rotatable bonds is 5. The van der Waals surface area contributed by atoms with Crippen LogP contribution in [-0.2, 0) is 0 Å². The molecule has 7 heteroatoms. The average molecular weight is 278 g/mol. The molecule has 2 aromatic rings. The second-order valence-electron chi connectivity index (χ2n) is 4.35. The van der Waals surface area contributed by atoms with E-state index in [1.165, 1.54) is 0 Å². The molecule has 100 valence electrons. The van der Waals surface area contributed by atoms with Gasteiger partial charge in [0.25, 0.3) is 5.91 Å². The summed E-state index contributed by atoms with van der Waals surface area (Å²) >= 11 is 1.03. The van der Waals surface area contributed by atoms with E-state index in [2.05, 4.69) is 34.0 Å². The molecule has 0 unspecified atom stereocenters. The molecule has 0 aliphatic carbocycles. The number of amides is 1. The van der Waals surface area contributed by atoms with Crippen LogP contribution in [0.5, 0.6) is 5.75 Å². The van der Waals surface area contributed by atoms with E-state index in [9.17, 15) is 4.79 Å². The van der Waals surface area contributed by atoms with Crippen molar-refractivity contribution in [2.24, 2.45) is 5.92 Å². The van der Waals surface area contributed by atoms with Gasteiger partial charge < -0.3 is 4.74 Å². The smallest absolute Gasteiger partial charge is 0.257 e. The maximum atomic E-state index is 11.8. The molecule has 1 amide bonds. The summed E-state index contributed by atoms with van der Waals surface area (Å²) in [5.74, 6) is 0.977. The average Bonchev–Trinajstić information content (AvgIpc) is 2.89. The first-order valence-electron chi connectivity index (χ1n) is 5.84. The SMILES string of the molecule is CC(C)COc1ccc(C(=O)Nc2nnns2)cc1. The van der Waals surface area contributed by atoms with Gasteiger partial charge in [-0.25, -0.2) is 0 Å². The minimum Gasteiger partial charge on any atom is -0.493 e. The highest BCUT2D eigenvalue weighted by Gasteiger charge is 2.08. The molecule has 1 heterocycles. The number of carbonyl (C=O) groups excluding carboxylic acids is 1. The molecular weight excluding hydrogens is 264 g/mol. The number of benzene rings is 1. The first-order chi connectivity index (χ1) is 9.15. The monoisotopic (exact) mass is 278 g/mol. The van der Waals surface area contributed by atoms with Gasteiger partial charge in [-0.15, -0.1) is 0 Å². The summed E-state index contributed by atoms with van der Waals surface area (Å²) in [6.45, 7) is 4.82. The molecule has 0 aliphatic rings. The van der Waals surface area contributed by atoms with Crippen molar-refractivity contribution in [2.75, 3.05) is 11.9 Å². The van der Waals surface area contributed by atoms with E-state index < -0.39 is 0 Å². The molecule has 0 bridgehead atoms. The fraction of sp³-hybridized carbons (Fsp3) is 0.333. The van der Waals surface area contributed by atoms with Gasteiger partial charge in [-0.05, 0) is 35.4 Å². The van der Waals surface area contributed by atoms with Crippen LogP contribution in [0.2, 0.25) is 0 Å². The molecule has 0 fully saturated rings. The maximum absolute atomic E-state index is 11.8.